The van der Waals surface area contributed by atoms with Crippen molar-refractivity contribution in [3.05, 3.63) is 53.6 Å². The Labute approximate surface area is 158 Å². The van der Waals surface area contributed by atoms with Gasteiger partial charge in [0.25, 0.3) is 0 Å². The minimum atomic E-state index is -0.397. The Morgan fingerprint density at radius 3 is 2.44 bits per heavy atom. The zero-order valence-corrected chi connectivity index (χ0v) is 15.7. The summed E-state index contributed by atoms with van der Waals surface area (Å²) in [5.41, 5.74) is 2.13. The number of hydrogen-bond acceptors (Lipinski definition) is 6. The molecule has 0 saturated heterocycles. The zero-order valence-electron chi connectivity index (χ0n) is 15.7. The molecule has 0 aromatic heterocycles. The molecule has 144 valence electrons. The third-order valence-corrected chi connectivity index (χ3v) is 3.90. The first-order valence-corrected chi connectivity index (χ1v) is 8.47. The molecule has 2 aromatic rings. The van der Waals surface area contributed by atoms with E-state index in [9.17, 15) is 9.59 Å². The predicted octanol–water partition coefficient (Wildman–Crippen LogP) is 2.61. The van der Waals surface area contributed by atoms with Crippen LogP contribution in [0.1, 0.15) is 22.3 Å². The summed E-state index contributed by atoms with van der Waals surface area (Å²) in [5.74, 6) is 0.787. The number of benzene rings is 2. The summed E-state index contributed by atoms with van der Waals surface area (Å²) in [6, 6.07) is 12.4. The highest BCUT2D eigenvalue weighted by Crippen LogP contribution is 2.27. The van der Waals surface area contributed by atoms with Crippen molar-refractivity contribution in [2.75, 3.05) is 33.2 Å². The summed E-state index contributed by atoms with van der Waals surface area (Å²) in [5, 5.41) is 5.98. The maximum atomic E-state index is 12.0. The van der Waals surface area contributed by atoms with E-state index in [1.54, 1.807) is 38.5 Å². The first-order valence-electron chi connectivity index (χ1n) is 8.47. The van der Waals surface area contributed by atoms with Crippen LogP contribution in [0, 0.1) is 0 Å². The van der Waals surface area contributed by atoms with Crippen LogP contribution >= 0.6 is 0 Å². The van der Waals surface area contributed by atoms with E-state index in [2.05, 4.69) is 10.6 Å². The van der Waals surface area contributed by atoms with Crippen LogP contribution in [0.2, 0.25) is 0 Å². The van der Waals surface area contributed by atoms with Gasteiger partial charge in [-0.2, -0.15) is 0 Å². The van der Waals surface area contributed by atoms with Gasteiger partial charge in [0.1, 0.15) is 0 Å². The van der Waals surface area contributed by atoms with E-state index in [4.69, 9.17) is 14.2 Å². The Morgan fingerprint density at radius 1 is 0.963 bits per heavy atom. The molecule has 0 atom stereocenters. The third kappa shape index (κ3) is 5.91. The lowest BCUT2D eigenvalue weighted by Crippen LogP contribution is -2.24. The average Bonchev–Trinajstić information content (AvgIpc) is 2.71. The lowest BCUT2D eigenvalue weighted by molar-refractivity contribution is -0.121. The fourth-order valence-electron chi connectivity index (χ4n) is 2.47. The number of ether oxygens (including phenoxy) is 3. The number of anilines is 1. The van der Waals surface area contributed by atoms with Crippen molar-refractivity contribution in [1.29, 1.82) is 0 Å². The largest absolute Gasteiger partial charge is 0.493 e. The van der Waals surface area contributed by atoms with Crippen molar-refractivity contribution < 1.29 is 23.8 Å². The molecule has 0 aliphatic heterocycles. The second-order valence-corrected chi connectivity index (χ2v) is 5.72. The summed E-state index contributed by atoms with van der Waals surface area (Å²) >= 11 is 0. The van der Waals surface area contributed by atoms with Gasteiger partial charge in [-0.15, -0.1) is 0 Å². The molecule has 0 spiro atoms. The lowest BCUT2D eigenvalue weighted by atomic mass is 10.2. The average molecular weight is 372 g/mol. The van der Waals surface area contributed by atoms with E-state index < -0.39 is 5.97 Å². The van der Waals surface area contributed by atoms with E-state index in [0.29, 0.717) is 36.6 Å². The SMILES string of the molecule is COC(=O)c1cccc(NCCC(=O)NCc2ccc(OC)c(OC)c2)c1. The van der Waals surface area contributed by atoms with Crippen LogP contribution in [0.15, 0.2) is 42.5 Å². The Balaban J connectivity index is 1.79. The van der Waals surface area contributed by atoms with Crippen LogP contribution < -0.4 is 20.1 Å². The van der Waals surface area contributed by atoms with Crippen molar-refractivity contribution in [3.63, 3.8) is 0 Å². The monoisotopic (exact) mass is 372 g/mol. The van der Waals surface area contributed by atoms with Gasteiger partial charge in [0.05, 0.1) is 26.9 Å². The van der Waals surface area contributed by atoms with Crippen LogP contribution in [0.5, 0.6) is 11.5 Å². The Morgan fingerprint density at radius 2 is 1.74 bits per heavy atom. The first-order chi connectivity index (χ1) is 13.1. The van der Waals surface area contributed by atoms with Gasteiger partial charge < -0.3 is 24.8 Å². The van der Waals surface area contributed by atoms with Crippen molar-refractivity contribution in [3.8, 4) is 11.5 Å². The Kier molecular flexibility index (Phi) is 7.49. The molecule has 2 rings (SSSR count). The van der Waals surface area contributed by atoms with Gasteiger partial charge >= 0.3 is 5.97 Å². The number of nitrogens with one attached hydrogen (secondary N) is 2. The molecule has 1 amide bonds. The summed E-state index contributed by atoms with van der Waals surface area (Å²) in [6.45, 7) is 0.847. The van der Waals surface area contributed by atoms with Gasteiger partial charge in [0, 0.05) is 25.2 Å². The third-order valence-electron chi connectivity index (χ3n) is 3.90. The van der Waals surface area contributed by atoms with Crippen LogP contribution in [0.25, 0.3) is 0 Å². The summed E-state index contributed by atoms with van der Waals surface area (Å²) in [4.78, 5) is 23.5. The molecule has 2 N–H and O–H groups in total. The second kappa shape index (κ2) is 10.1. The Hall–Kier alpha value is -3.22. The van der Waals surface area contributed by atoms with Gasteiger partial charge in [0.15, 0.2) is 11.5 Å². The molecular weight excluding hydrogens is 348 g/mol. The quantitative estimate of drug-likeness (QED) is 0.658. The molecule has 0 aliphatic rings. The Bertz CT molecular complexity index is 792. The first kappa shape index (κ1) is 20.1. The number of methoxy groups -OCH3 is 3. The van der Waals surface area contributed by atoms with Gasteiger partial charge in [-0.3, -0.25) is 4.79 Å². The van der Waals surface area contributed by atoms with E-state index in [0.717, 1.165) is 11.3 Å². The maximum Gasteiger partial charge on any atom is 0.337 e. The number of amides is 1. The number of hydrogen-bond donors (Lipinski definition) is 2. The molecule has 2 aromatic carbocycles. The van der Waals surface area contributed by atoms with E-state index in [-0.39, 0.29) is 5.91 Å². The van der Waals surface area contributed by atoms with Crippen LogP contribution in [-0.4, -0.2) is 39.8 Å². The minimum Gasteiger partial charge on any atom is -0.493 e. The van der Waals surface area contributed by atoms with Crippen molar-refractivity contribution >= 4 is 17.6 Å². The van der Waals surface area contributed by atoms with Gasteiger partial charge in [-0.25, -0.2) is 4.79 Å². The van der Waals surface area contributed by atoms with Crippen LogP contribution in [-0.2, 0) is 16.1 Å². The molecule has 7 heteroatoms. The van der Waals surface area contributed by atoms with Gasteiger partial charge in [-0.05, 0) is 35.9 Å². The fourth-order valence-corrected chi connectivity index (χ4v) is 2.47. The van der Waals surface area contributed by atoms with Crippen molar-refractivity contribution in [1.82, 2.24) is 5.32 Å². The molecule has 0 aliphatic carbocycles. The number of esters is 1. The maximum absolute atomic E-state index is 12.0. The van der Waals surface area contributed by atoms with E-state index in [1.165, 1.54) is 7.11 Å². The molecule has 0 saturated carbocycles. The second-order valence-electron chi connectivity index (χ2n) is 5.72. The zero-order chi connectivity index (χ0) is 19.6. The molecular formula is C20H24N2O5. The normalized spacial score (nSPS) is 10.0. The number of rotatable bonds is 9. The predicted molar refractivity (Wildman–Crippen MR) is 102 cm³/mol. The molecule has 27 heavy (non-hydrogen) atoms. The standard InChI is InChI=1S/C20H24N2O5/c1-25-17-8-7-14(11-18(17)26-2)13-22-19(23)9-10-21-16-6-4-5-15(12-16)20(24)27-3/h4-8,11-12,21H,9-10,13H2,1-3H3,(H,22,23). The van der Waals surface area contributed by atoms with Crippen LogP contribution in [0.4, 0.5) is 5.69 Å². The minimum absolute atomic E-state index is 0.0820. The molecule has 0 unspecified atom stereocenters. The smallest absolute Gasteiger partial charge is 0.337 e. The summed E-state index contributed by atoms with van der Waals surface area (Å²) in [6.07, 6.45) is 0.301. The molecule has 0 fully saturated rings. The fraction of sp³-hybridized carbons (Fsp3) is 0.300. The highest BCUT2D eigenvalue weighted by molar-refractivity contribution is 5.90. The lowest BCUT2D eigenvalue weighted by Gasteiger charge is -2.11. The number of carbonyl (C=O) groups is 2. The van der Waals surface area contributed by atoms with Crippen molar-refractivity contribution in [2.24, 2.45) is 0 Å². The molecule has 0 bridgehead atoms. The summed E-state index contributed by atoms with van der Waals surface area (Å²) in [7, 11) is 4.49. The highest BCUT2D eigenvalue weighted by Gasteiger charge is 2.07. The molecule has 0 radical (unpaired) electrons. The van der Waals surface area contributed by atoms with Crippen molar-refractivity contribution in [2.45, 2.75) is 13.0 Å². The van der Waals surface area contributed by atoms with Crippen LogP contribution in [0.3, 0.4) is 0 Å². The van der Waals surface area contributed by atoms with Gasteiger partial charge in [0.2, 0.25) is 5.91 Å². The topological polar surface area (TPSA) is 85.9 Å². The molecule has 7 nitrogen and oxygen atoms in total. The number of carbonyl (C=O) groups excluding carboxylic acids is 2. The molecule has 0 heterocycles. The van der Waals surface area contributed by atoms with Gasteiger partial charge in [-0.1, -0.05) is 12.1 Å². The van der Waals surface area contributed by atoms with E-state index >= 15 is 0 Å². The summed E-state index contributed by atoms with van der Waals surface area (Å²) < 4.78 is 15.1. The van der Waals surface area contributed by atoms with E-state index in [1.807, 2.05) is 18.2 Å². The highest BCUT2D eigenvalue weighted by atomic mass is 16.5.